The van der Waals surface area contributed by atoms with E-state index in [0.29, 0.717) is 25.4 Å². The molecular weight excluding hydrogens is 226 g/mol. The molecule has 16 heavy (non-hydrogen) atoms. The topological polar surface area (TPSA) is 54.5 Å². The molecular formula is C10H15N3O2S. The summed E-state index contributed by atoms with van der Waals surface area (Å²) in [6, 6.07) is 0. The van der Waals surface area contributed by atoms with Crippen LogP contribution in [0.5, 0.6) is 0 Å². The molecule has 1 aliphatic rings. The molecule has 0 aromatic carbocycles. The fourth-order valence-electron chi connectivity index (χ4n) is 1.74. The number of rotatable bonds is 3. The molecule has 0 spiro atoms. The highest BCUT2D eigenvalue weighted by atomic mass is 32.1. The number of likely N-dealkylation sites (N-methyl/N-ethyl adjacent to an activating group) is 1. The van der Waals surface area contributed by atoms with Crippen molar-refractivity contribution in [3.8, 4) is 0 Å². The average Bonchev–Trinajstić information content (AvgIpc) is 2.82. The molecule has 2 rings (SSSR count). The van der Waals surface area contributed by atoms with E-state index in [1.54, 1.807) is 15.8 Å². The lowest BCUT2D eigenvalue weighted by Crippen LogP contribution is -2.48. The van der Waals surface area contributed by atoms with Crippen molar-refractivity contribution in [2.24, 2.45) is 0 Å². The molecule has 5 nitrogen and oxygen atoms in total. The SMILES string of the molecule is CNCC1CN(C(=O)c2cscn2)CCO1. The Balaban J connectivity index is 1.96. The predicted octanol–water partition coefficient (Wildman–Crippen LogP) is 0.203. The van der Waals surface area contributed by atoms with Crippen molar-refractivity contribution in [3.63, 3.8) is 0 Å². The van der Waals surface area contributed by atoms with Crippen LogP contribution in [-0.4, -0.2) is 55.2 Å². The minimum Gasteiger partial charge on any atom is -0.373 e. The molecule has 0 radical (unpaired) electrons. The van der Waals surface area contributed by atoms with Crippen LogP contribution >= 0.6 is 11.3 Å². The zero-order chi connectivity index (χ0) is 11.4. The Morgan fingerprint density at radius 2 is 2.69 bits per heavy atom. The highest BCUT2D eigenvalue weighted by Crippen LogP contribution is 2.10. The van der Waals surface area contributed by atoms with Crippen molar-refractivity contribution < 1.29 is 9.53 Å². The smallest absolute Gasteiger partial charge is 0.273 e. The summed E-state index contributed by atoms with van der Waals surface area (Å²) in [5.74, 6) is 0.00523. The number of carbonyl (C=O) groups excluding carboxylic acids is 1. The van der Waals surface area contributed by atoms with Gasteiger partial charge in [-0.1, -0.05) is 0 Å². The molecule has 1 unspecified atom stereocenters. The summed E-state index contributed by atoms with van der Waals surface area (Å²) in [5.41, 5.74) is 2.22. The van der Waals surface area contributed by atoms with Gasteiger partial charge in [-0.15, -0.1) is 11.3 Å². The number of nitrogens with zero attached hydrogens (tertiary/aromatic N) is 2. The second-order valence-corrected chi connectivity index (χ2v) is 4.39. The average molecular weight is 241 g/mol. The predicted molar refractivity (Wildman–Crippen MR) is 61.7 cm³/mol. The fourth-order valence-corrected chi connectivity index (χ4v) is 2.26. The zero-order valence-corrected chi connectivity index (χ0v) is 10.00. The normalized spacial score (nSPS) is 21.1. The van der Waals surface area contributed by atoms with E-state index in [1.165, 1.54) is 11.3 Å². The molecule has 88 valence electrons. The van der Waals surface area contributed by atoms with Crippen LogP contribution in [0.25, 0.3) is 0 Å². The van der Waals surface area contributed by atoms with Crippen LogP contribution in [0.15, 0.2) is 10.9 Å². The number of ether oxygens (including phenoxy) is 1. The summed E-state index contributed by atoms with van der Waals surface area (Å²) >= 11 is 1.44. The highest BCUT2D eigenvalue weighted by Gasteiger charge is 2.25. The first kappa shape index (κ1) is 11.5. The largest absolute Gasteiger partial charge is 0.373 e. The van der Waals surface area contributed by atoms with Gasteiger partial charge in [0, 0.05) is 25.0 Å². The number of morpholine rings is 1. The number of nitrogens with one attached hydrogen (secondary N) is 1. The molecule has 1 aromatic heterocycles. The van der Waals surface area contributed by atoms with Gasteiger partial charge in [-0.05, 0) is 7.05 Å². The number of amides is 1. The Morgan fingerprint density at radius 3 is 3.38 bits per heavy atom. The third-order valence-electron chi connectivity index (χ3n) is 2.51. The lowest BCUT2D eigenvalue weighted by atomic mass is 10.2. The molecule has 0 bridgehead atoms. The first-order valence-electron chi connectivity index (χ1n) is 5.25. The standard InChI is InChI=1S/C10H15N3O2S/c1-11-4-8-5-13(2-3-15-8)10(14)9-6-16-7-12-9/h6-8,11H,2-5H2,1H3. The maximum absolute atomic E-state index is 12.0. The van der Waals surface area contributed by atoms with Gasteiger partial charge in [-0.3, -0.25) is 4.79 Å². The summed E-state index contributed by atoms with van der Waals surface area (Å²) in [6.07, 6.45) is 0.0846. The molecule has 2 heterocycles. The first-order chi connectivity index (χ1) is 7.81. The van der Waals surface area contributed by atoms with Crippen molar-refractivity contribution in [1.82, 2.24) is 15.2 Å². The molecule has 1 fully saturated rings. The van der Waals surface area contributed by atoms with Gasteiger partial charge in [-0.25, -0.2) is 4.98 Å². The van der Waals surface area contributed by atoms with Gasteiger partial charge in [0.05, 0.1) is 18.2 Å². The third-order valence-corrected chi connectivity index (χ3v) is 3.10. The Bertz CT molecular complexity index is 340. The fraction of sp³-hybridized carbons (Fsp3) is 0.600. The molecule has 6 heteroatoms. The molecule has 0 aliphatic carbocycles. The first-order valence-corrected chi connectivity index (χ1v) is 6.19. The minimum atomic E-state index is 0.00523. The van der Waals surface area contributed by atoms with Crippen LogP contribution in [0.2, 0.25) is 0 Å². The van der Waals surface area contributed by atoms with Crippen molar-refractivity contribution in [3.05, 3.63) is 16.6 Å². The Morgan fingerprint density at radius 1 is 1.81 bits per heavy atom. The molecule has 1 aromatic rings. The summed E-state index contributed by atoms with van der Waals surface area (Å²) in [4.78, 5) is 17.8. The molecule has 1 aliphatic heterocycles. The van der Waals surface area contributed by atoms with Crippen LogP contribution in [0.4, 0.5) is 0 Å². The minimum absolute atomic E-state index is 0.00523. The molecule has 1 N–H and O–H groups in total. The summed E-state index contributed by atoms with van der Waals surface area (Å²) < 4.78 is 5.54. The number of hydrogen-bond acceptors (Lipinski definition) is 5. The third kappa shape index (κ3) is 2.58. The maximum atomic E-state index is 12.0. The molecule has 1 atom stereocenters. The number of thiazole rings is 1. The summed E-state index contributed by atoms with van der Waals surface area (Å²) in [6.45, 7) is 2.65. The van der Waals surface area contributed by atoms with Gasteiger partial charge in [0.15, 0.2) is 0 Å². The molecule has 1 saturated heterocycles. The lowest BCUT2D eigenvalue weighted by Gasteiger charge is -2.32. The van der Waals surface area contributed by atoms with Crippen molar-refractivity contribution in [2.45, 2.75) is 6.10 Å². The Hall–Kier alpha value is -0.980. The van der Waals surface area contributed by atoms with E-state index in [2.05, 4.69) is 10.3 Å². The van der Waals surface area contributed by atoms with E-state index < -0.39 is 0 Å². The van der Waals surface area contributed by atoms with Crippen molar-refractivity contribution in [1.29, 1.82) is 0 Å². The van der Waals surface area contributed by atoms with Gasteiger partial charge in [0.2, 0.25) is 0 Å². The van der Waals surface area contributed by atoms with E-state index in [-0.39, 0.29) is 12.0 Å². The second kappa shape index (κ2) is 5.38. The van der Waals surface area contributed by atoms with Crippen LogP contribution < -0.4 is 5.32 Å². The monoisotopic (exact) mass is 241 g/mol. The van der Waals surface area contributed by atoms with Gasteiger partial charge in [0.1, 0.15) is 5.69 Å². The quantitative estimate of drug-likeness (QED) is 0.821. The second-order valence-electron chi connectivity index (χ2n) is 3.68. The Kier molecular flexibility index (Phi) is 3.87. The van der Waals surface area contributed by atoms with Crippen LogP contribution in [-0.2, 0) is 4.74 Å². The van der Waals surface area contributed by atoms with E-state index in [1.807, 2.05) is 7.05 Å². The lowest BCUT2D eigenvalue weighted by molar-refractivity contribution is -0.0197. The van der Waals surface area contributed by atoms with Gasteiger partial charge in [0.25, 0.3) is 5.91 Å². The number of hydrogen-bond donors (Lipinski definition) is 1. The van der Waals surface area contributed by atoms with Crippen LogP contribution in [0.1, 0.15) is 10.5 Å². The highest BCUT2D eigenvalue weighted by molar-refractivity contribution is 7.07. The molecule has 0 saturated carbocycles. The molecule has 1 amide bonds. The van der Waals surface area contributed by atoms with Gasteiger partial charge < -0.3 is 15.0 Å². The van der Waals surface area contributed by atoms with Crippen molar-refractivity contribution >= 4 is 17.2 Å². The zero-order valence-electron chi connectivity index (χ0n) is 9.18. The summed E-state index contributed by atoms with van der Waals surface area (Å²) in [5, 5.41) is 4.84. The van der Waals surface area contributed by atoms with E-state index in [9.17, 15) is 4.79 Å². The van der Waals surface area contributed by atoms with E-state index >= 15 is 0 Å². The number of carbonyl (C=O) groups is 1. The van der Waals surface area contributed by atoms with Gasteiger partial charge >= 0.3 is 0 Å². The van der Waals surface area contributed by atoms with Crippen LogP contribution in [0, 0.1) is 0 Å². The Labute approximate surface area is 98.4 Å². The van der Waals surface area contributed by atoms with Crippen molar-refractivity contribution in [2.75, 3.05) is 33.3 Å². The van der Waals surface area contributed by atoms with Crippen LogP contribution in [0.3, 0.4) is 0 Å². The number of aromatic nitrogens is 1. The summed E-state index contributed by atoms with van der Waals surface area (Å²) in [7, 11) is 1.88. The van der Waals surface area contributed by atoms with E-state index in [4.69, 9.17) is 4.74 Å². The maximum Gasteiger partial charge on any atom is 0.273 e. The van der Waals surface area contributed by atoms with Gasteiger partial charge in [-0.2, -0.15) is 0 Å². The van der Waals surface area contributed by atoms with E-state index in [0.717, 1.165) is 6.54 Å².